The largest absolute Gasteiger partial charge is 0.508 e. The van der Waals surface area contributed by atoms with Gasteiger partial charge in [-0.1, -0.05) is 170 Å². The molecule has 0 heterocycles. The van der Waals surface area contributed by atoms with Crippen LogP contribution in [0.2, 0.25) is 0 Å². The van der Waals surface area contributed by atoms with Crippen LogP contribution in [0.25, 0.3) is 0 Å². The van der Waals surface area contributed by atoms with Crippen molar-refractivity contribution in [3.63, 3.8) is 0 Å². The van der Waals surface area contributed by atoms with Crippen molar-refractivity contribution < 1.29 is 66.4 Å². The van der Waals surface area contributed by atoms with E-state index in [4.69, 9.17) is 114 Å². The molecule has 0 bridgehead atoms. The molecule has 2 unspecified atom stereocenters. The van der Waals surface area contributed by atoms with Crippen LogP contribution in [0.3, 0.4) is 0 Å². The van der Waals surface area contributed by atoms with Crippen molar-refractivity contribution >= 4 is 0 Å². The molecular weight excluding hydrogens is 1750 g/mol. The lowest BCUT2D eigenvalue weighted by Gasteiger charge is -2.04. The van der Waals surface area contributed by atoms with Crippen molar-refractivity contribution in [2.75, 3.05) is 0 Å². The minimum atomic E-state index is -0.0432. The molecule has 26 heteroatoms. The Hall–Kier alpha value is -19.4. The van der Waals surface area contributed by atoms with Crippen molar-refractivity contribution in [1.29, 1.82) is 68.4 Å². The second-order valence-electron chi connectivity index (χ2n) is 29.2. The van der Waals surface area contributed by atoms with Crippen LogP contribution >= 0.6 is 0 Å². The highest BCUT2D eigenvalue weighted by molar-refractivity contribution is 5.43. The van der Waals surface area contributed by atoms with E-state index in [1.165, 1.54) is 35.9 Å². The van der Waals surface area contributed by atoms with Crippen molar-refractivity contribution in [3.8, 4) is 154 Å². The molecule has 13 aromatic rings. The number of rotatable bonds is 20. The van der Waals surface area contributed by atoms with Gasteiger partial charge in [-0.2, -0.15) is 68.4 Å². The first kappa shape index (κ1) is 118. The minimum Gasteiger partial charge on any atom is -0.508 e. The molecule has 26 nitrogen and oxygen atoms in total. The van der Waals surface area contributed by atoms with Crippen molar-refractivity contribution in [2.45, 2.75) is 129 Å². The third kappa shape index (κ3) is 58.1. The highest BCUT2D eigenvalue weighted by atomic mass is 16.3. The van der Waals surface area contributed by atoms with Gasteiger partial charge >= 0.3 is 0 Å². The van der Waals surface area contributed by atoms with Crippen LogP contribution in [-0.2, 0) is 64.2 Å². The predicted octanol–water partition coefficient (Wildman–Crippen LogP) is 22.8. The van der Waals surface area contributed by atoms with Gasteiger partial charge in [-0.15, -0.1) is 0 Å². The monoisotopic (exact) mass is 1860 g/mol. The van der Waals surface area contributed by atoms with Crippen LogP contribution in [0.5, 0.6) is 74.7 Å². The van der Waals surface area contributed by atoms with E-state index in [0.29, 0.717) is 104 Å². The number of nitriles is 13. The van der Waals surface area contributed by atoms with E-state index in [2.05, 4.69) is 36.4 Å². The summed E-state index contributed by atoms with van der Waals surface area (Å²) in [5.74, 6) is 3.06. The molecule has 0 amide bonds. The lowest BCUT2D eigenvalue weighted by atomic mass is 10.0. The van der Waals surface area contributed by atoms with Gasteiger partial charge in [0.25, 0.3) is 0 Å². The summed E-state index contributed by atoms with van der Waals surface area (Å²) in [7, 11) is 0. The van der Waals surface area contributed by atoms with E-state index in [1.54, 1.807) is 200 Å². The Kier molecular flexibility index (Phi) is 63.7. The maximum atomic E-state index is 9.41. The summed E-state index contributed by atoms with van der Waals surface area (Å²) in [6.45, 7) is 3.73. The van der Waals surface area contributed by atoms with Crippen molar-refractivity contribution in [3.05, 3.63) is 388 Å². The van der Waals surface area contributed by atoms with E-state index in [1.807, 2.05) is 141 Å². The van der Waals surface area contributed by atoms with E-state index >= 15 is 0 Å². The van der Waals surface area contributed by atoms with Gasteiger partial charge in [0.15, 0.2) is 0 Å². The Morgan fingerprint density at radius 3 is 0.928 bits per heavy atom. The molecule has 0 aliphatic carbocycles. The standard InChI is InChI=1S/C11H13NO.3C10H11NO.3C9H9NO.3C8H7NO.3C7H5NO/c1-9(8-12)6-7-10-4-2-3-5-11(10)13;1-8(7-11)6-9-4-2-3-5-10(9)12;11-8-4-3-6-9-5-1-2-7-10(9)12;11-8-2-1-3-9-4-6-10(12)7-5-9;10-6-2-4-8-3-1-5-9(11)7-8;10-7-1-2-8-3-5-9(11)6-4-8;10-7-3-5-8-4-1-2-6-9(8)11;9-6-5-7-1-3-8(10)4-2-7;9-5-4-7-2-1-3-8(10)6-7;9-6-5-7-3-1-2-4-8(7)10;8-5-6-1-3-7(9)4-2-6;8-5-6-2-1-3-7(9)4-6;8-5-6-3-1-2-4-7(6)9/h2-5,9,13H,6-7H2,1H3;2-5,8,12H,6H2,1H3;1-2,5,7,12H,3-4,6H2;4-7,12H,1-3H2;1,3,5,7,11H,2,4H2;3-6,11H,1-2H2;1-2,4,6,11H,3,5H2;1-4,10H,5H2;1-3,6,10H,4H2;1-4,10H,5H2;3*1-4,9H. The third-order valence-corrected chi connectivity index (χ3v) is 18.3. The quantitative estimate of drug-likeness (QED) is 0.0315. The second kappa shape index (κ2) is 75.3. The number of phenols is 13. The molecule has 2 atom stereocenters. The van der Waals surface area contributed by atoms with Crippen LogP contribution in [0.4, 0.5) is 0 Å². The van der Waals surface area contributed by atoms with Gasteiger partial charge in [0, 0.05) is 49.5 Å². The number of phenolic OH excluding ortho intramolecular Hbond substituents is 13. The zero-order valence-corrected chi connectivity index (χ0v) is 77.0. The predicted molar refractivity (Wildman–Crippen MR) is 528 cm³/mol. The van der Waals surface area contributed by atoms with Gasteiger partial charge < -0.3 is 66.4 Å². The average Bonchev–Trinajstić information content (AvgIpc) is 0.890. The Labute approximate surface area is 812 Å². The summed E-state index contributed by atoms with van der Waals surface area (Å²) >= 11 is 0. The number of aromatic hydroxyl groups is 13. The number of unbranched alkanes of at least 4 members (excludes halogenated alkanes) is 2. The van der Waals surface area contributed by atoms with Gasteiger partial charge in [0.2, 0.25) is 0 Å². The number of para-hydroxylation sites is 6. The molecule has 13 rings (SSSR count). The van der Waals surface area contributed by atoms with Crippen molar-refractivity contribution in [2.24, 2.45) is 11.8 Å². The average molecular weight is 1860 g/mol. The van der Waals surface area contributed by atoms with Gasteiger partial charge in [0.05, 0.1) is 109 Å². The van der Waals surface area contributed by atoms with Crippen molar-refractivity contribution in [1.82, 2.24) is 0 Å². The van der Waals surface area contributed by atoms with Crippen LogP contribution < -0.4 is 0 Å². The maximum absolute atomic E-state index is 9.41. The first-order valence-electron chi connectivity index (χ1n) is 43.2. The fourth-order valence-electron chi connectivity index (χ4n) is 10.9. The van der Waals surface area contributed by atoms with Gasteiger partial charge in [-0.3, -0.25) is 0 Å². The first-order chi connectivity index (χ1) is 67.1. The molecule has 0 saturated carbocycles. The molecule has 0 spiro atoms. The van der Waals surface area contributed by atoms with Gasteiger partial charge in [-0.05, 0) is 274 Å². The first-order valence-corrected chi connectivity index (χ1v) is 43.2. The number of hydrogen-bond donors (Lipinski definition) is 13. The molecular formula is C113H109N13O13. The van der Waals surface area contributed by atoms with Gasteiger partial charge in [0.1, 0.15) is 80.8 Å². The summed E-state index contributed by atoms with van der Waals surface area (Å²) in [5.41, 5.74) is 10.6. The number of hydrogen-bond acceptors (Lipinski definition) is 26. The van der Waals surface area contributed by atoms with Crippen LogP contribution in [0, 0.1) is 159 Å². The summed E-state index contributed by atoms with van der Waals surface area (Å²) in [5, 5.41) is 226. The Balaban J connectivity index is 0.000000754. The Morgan fingerprint density at radius 2 is 0.547 bits per heavy atom. The zero-order valence-electron chi connectivity index (χ0n) is 77.0. The molecule has 0 aromatic heterocycles. The minimum absolute atomic E-state index is 0.0417. The fourth-order valence-corrected chi connectivity index (χ4v) is 10.9. The molecule has 13 N–H and O–H groups in total. The molecule has 0 saturated heterocycles. The number of nitrogens with zero attached hydrogens (tertiary/aromatic N) is 13. The van der Waals surface area contributed by atoms with E-state index < -0.39 is 0 Å². The molecule has 0 aliphatic rings. The third-order valence-electron chi connectivity index (χ3n) is 18.3. The SMILES string of the molecule is CC(C#N)CCc1ccccc1O.CC(C#N)Cc1ccccc1O.N#CCCCc1ccc(O)cc1.N#CCCCc1ccccc1O.N#CCCc1ccc(O)cc1.N#CCCc1cccc(O)c1.N#CCCc1ccccc1O.N#CCc1ccc(O)cc1.N#CCc1cccc(O)c1.N#CCc1ccccc1O.N#Cc1ccc(O)cc1.N#Cc1cccc(O)c1.N#Cc1ccccc1O. The summed E-state index contributed by atoms with van der Waals surface area (Å²) < 4.78 is 0. The number of aryl methyl sites for hydroxylation is 6. The highest BCUT2D eigenvalue weighted by Gasteiger charge is 2.08. The van der Waals surface area contributed by atoms with E-state index in [-0.39, 0.29) is 75.8 Å². The summed E-state index contributed by atoms with van der Waals surface area (Å²) in [4.78, 5) is 0. The normalized spacial score (nSPS) is 9.39. The topological polar surface area (TPSA) is 572 Å². The molecule has 13 aromatic carbocycles. The summed E-state index contributed by atoms with van der Waals surface area (Å²) in [6, 6.07) is 115. The zero-order chi connectivity index (χ0) is 103. The van der Waals surface area contributed by atoms with Crippen LogP contribution in [0.15, 0.2) is 315 Å². The highest BCUT2D eigenvalue weighted by Crippen LogP contribution is 2.25. The van der Waals surface area contributed by atoms with Crippen LogP contribution in [0.1, 0.15) is 138 Å². The van der Waals surface area contributed by atoms with E-state index in [0.717, 1.165) is 89.5 Å². The second-order valence-corrected chi connectivity index (χ2v) is 29.2. The lowest BCUT2D eigenvalue weighted by Crippen LogP contribution is -1.95. The smallest absolute Gasteiger partial charge is 0.133 e. The fraction of sp³-hybridized carbons (Fsp3) is 0.195. The molecule has 0 radical (unpaired) electrons. The van der Waals surface area contributed by atoms with E-state index in [9.17, 15) is 20.4 Å². The maximum Gasteiger partial charge on any atom is 0.133 e. The number of benzene rings is 13. The van der Waals surface area contributed by atoms with Gasteiger partial charge in [-0.25, -0.2) is 0 Å². The lowest BCUT2D eigenvalue weighted by molar-refractivity contribution is 0.465. The molecule has 704 valence electrons. The Morgan fingerprint density at radius 1 is 0.216 bits per heavy atom. The Bertz CT molecular complexity index is 6330. The molecule has 0 aliphatic heterocycles. The molecule has 139 heavy (non-hydrogen) atoms. The summed E-state index contributed by atoms with van der Waals surface area (Å²) in [6.07, 6.45) is 11.3. The van der Waals surface area contributed by atoms with Crippen LogP contribution in [-0.4, -0.2) is 66.4 Å². The molecule has 0 fully saturated rings.